The van der Waals surface area contributed by atoms with Gasteiger partial charge in [0.05, 0.1) is 18.0 Å². The molecule has 0 amide bonds. The highest BCUT2D eigenvalue weighted by molar-refractivity contribution is 5.31. The normalized spacial score (nSPS) is 27.7. The fourth-order valence-electron chi connectivity index (χ4n) is 2.37. The monoisotopic (exact) mass is 252 g/mol. The first-order valence-corrected chi connectivity index (χ1v) is 6.48. The minimum atomic E-state index is 0.0720. The van der Waals surface area contributed by atoms with Gasteiger partial charge in [-0.15, -0.1) is 0 Å². The van der Waals surface area contributed by atoms with E-state index < -0.39 is 0 Å². The SMILES string of the molecule is CC1OCCC1(C)NCc1cnc(N(C)C)n1C. The molecule has 0 spiro atoms. The molecule has 5 heteroatoms. The first-order chi connectivity index (χ1) is 8.44. The molecule has 0 aliphatic carbocycles. The molecule has 1 aliphatic heterocycles. The first kappa shape index (κ1) is 13.4. The standard InChI is InChI=1S/C13H24N4O/c1-10-13(2,6-7-18-10)15-9-11-8-14-12(16(3)4)17(11)5/h8,10,15H,6-7,9H2,1-5H3. The van der Waals surface area contributed by atoms with Crippen LogP contribution in [0.5, 0.6) is 0 Å². The second-order valence-electron chi connectivity index (χ2n) is 5.54. The number of rotatable bonds is 4. The van der Waals surface area contributed by atoms with E-state index in [-0.39, 0.29) is 11.6 Å². The average molecular weight is 252 g/mol. The Bertz CT molecular complexity index is 415. The molecular weight excluding hydrogens is 228 g/mol. The number of hydrogen-bond donors (Lipinski definition) is 1. The number of aromatic nitrogens is 2. The van der Waals surface area contributed by atoms with Crippen molar-refractivity contribution in [2.45, 2.75) is 38.5 Å². The Morgan fingerprint density at radius 2 is 2.33 bits per heavy atom. The third-order valence-electron chi connectivity index (χ3n) is 4.02. The van der Waals surface area contributed by atoms with E-state index in [4.69, 9.17) is 4.74 Å². The summed E-state index contributed by atoms with van der Waals surface area (Å²) in [5.41, 5.74) is 1.27. The molecule has 1 fully saturated rings. The van der Waals surface area contributed by atoms with Gasteiger partial charge in [-0.05, 0) is 20.3 Å². The third-order valence-corrected chi connectivity index (χ3v) is 4.02. The zero-order chi connectivity index (χ0) is 13.3. The van der Waals surface area contributed by atoms with Crippen LogP contribution in [0.25, 0.3) is 0 Å². The summed E-state index contributed by atoms with van der Waals surface area (Å²) in [6, 6.07) is 0. The van der Waals surface area contributed by atoms with Gasteiger partial charge in [-0.3, -0.25) is 0 Å². The summed E-state index contributed by atoms with van der Waals surface area (Å²) < 4.78 is 7.76. The van der Waals surface area contributed by atoms with Gasteiger partial charge in [0.15, 0.2) is 0 Å². The molecule has 1 N–H and O–H groups in total. The van der Waals surface area contributed by atoms with Crippen molar-refractivity contribution in [1.29, 1.82) is 0 Å². The summed E-state index contributed by atoms with van der Waals surface area (Å²) in [6.45, 7) is 6.03. The minimum Gasteiger partial charge on any atom is -0.377 e. The van der Waals surface area contributed by atoms with E-state index in [1.54, 1.807) is 0 Å². The molecule has 0 radical (unpaired) electrons. The molecule has 0 saturated carbocycles. The van der Waals surface area contributed by atoms with Crippen molar-refractivity contribution < 1.29 is 4.74 Å². The van der Waals surface area contributed by atoms with Crippen molar-refractivity contribution in [1.82, 2.24) is 14.9 Å². The Balaban J connectivity index is 2.02. The van der Waals surface area contributed by atoms with Gasteiger partial charge in [-0.25, -0.2) is 4.98 Å². The fraction of sp³-hybridized carbons (Fsp3) is 0.769. The molecule has 0 bridgehead atoms. The highest BCUT2D eigenvalue weighted by atomic mass is 16.5. The van der Waals surface area contributed by atoms with Crippen LogP contribution in [-0.4, -0.2) is 41.9 Å². The fourth-order valence-corrected chi connectivity index (χ4v) is 2.37. The first-order valence-electron chi connectivity index (χ1n) is 6.48. The Kier molecular flexibility index (Phi) is 3.64. The summed E-state index contributed by atoms with van der Waals surface area (Å²) in [4.78, 5) is 6.44. The van der Waals surface area contributed by atoms with Crippen molar-refractivity contribution in [3.63, 3.8) is 0 Å². The van der Waals surface area contributed by atoms with E-state index >= 15 is 0 Å². The zero-order valence-electron chi connectivity index (χ0n) is 12.0. The van der Waals surface area contributed by atoms with Crippen molar-refractivity contribution in [2.75, 3.05) is 25.6 Å². The molecular formula is C13H24N4O. The predicted molar refractivity (Wildman–Crippen MR) is 72.8 cm³/mol. The molecule has 2 unspecified atom stereocenters. The molecule has 5 nitrogen and oxygen atoms in total. The second kappa shape index (κ2) is 4.90. The van der Waals surface area contributed by atoms with Gasteiger partial charge in [0.2, 0.25) is 5.95 Å². The summed E-state index contributed by atoms with van der Waals surface area (Å²) in [7, 11) is 6.07. The lowest BCUT2D eigenvalue weighted by atomic mass is 9.95. The Morgan fingerprint density at radius 1 is 1.61 bits per heavy atom. The second-order valence-corrected chi connectivity index (χ2v) is 5.54. The number of nitrogens with zero attached hydrogens (tertiary/aromatic N) is 3. The topological polar surface area (TPSA) is 42.3 Å². The lowest BCUT2D eigenvalue weighted by molar-refractivity contribution is 0.0879. The maximum Gasteiger partial charge on any atom is 0.204 e. The van der Waals surface area contributed by atoms with Gasteiger partial charge in [0, 0.05) is 39.8 Å². The van der Waals surface area contributed by atoms with Crippen LogP contribution in [0.2, 0.25) is 0 Å². The van der Waals surface area contributed by atoms with Crippen molar-refractivity contribution in [3.8, 4) is 0 Å². The van der Waals surface area contributed by atoms with E-state index in [0.29, 0.717) is 0 Å². The van der Waals surface area contributed by atoms with Crippen LogP contribution in [0, 0.1) is 0 Å². The summed E-state index contributed by atoms with van der Waals surface area (Å²) >= 11 is 0. The largest absolute Gasteiger partial charge is 0.377 e. The van der Waals surface area contributed by atoms with Crippen molar-refractivity contribution in [2.24, 2.45) is 7.05 Å². The Hall–Kier alpha value is -1.07. The van der Waals surface area contributed by atoms with Gasteiger partial charge in [-0.2, -0.15) is 0 Å². The van der Waals surface area contributed by atoms with Crippen LogP contribution < -0.4 is 10.2 Å². The molecule has 0 aromatic carbocycles. The van der Waals surface area contributed by atoms with Gasteiger partial charge >= 0.3 is 0 Å². The van der Waals surface area contributed by atoms with E-state index in [0.717, 1.165) is 25.5 Å². The minimum absolute atomic E-state index is 0.0720. The molecule has 1 aromatic rings. The molecule has 1 aromatic heterocycles. The number of ether oxygens (including phenoxy) is 1. The molecule has 2 rings (SSSR count). The van der Waals surface area contributed by atoms with Gasteiger partial charge in [0.25, 0.3) is 0 Å². The Morgan fingerprint density at radius 3 is 2.83 bits per heavy atom. The van der Waals surface area contributed by atoms with E-state index in [1.165, 1.54) is 5.69 Å². The smallest absolute Gasteiger partial charge is 0.204 e. The highest BCUT2D eigenvalue weighted by Crippen LogP contribution is 2.25. The van der Waals surface area contributed by atoms with Crippen LogP contribution in [0.1, 0.15) is 26.0 Å². The Labute approximate surface area is 109 Å². The average Bonchev–Trinajstić information content (AvgIpc) is 2.82. The molecule has 1 saturated heterocycles. The van der Waals surface area contributed by atoms with Gasteiger partial charge in [-0.1, -0.05) is 0 Å². The highest BCUT2D eigenvalue weighted by Gasteiger charge is 2.36. The predicted octanol–water partition coefficient (Wildman–Crippen LogP) is 1.14. The number of anilines is 1. The van der Waals surface area contributed by atoms with Crippen molar-refractivity contribution in [3.05, 3.63) is 11.9 Å². The van der Waals surface area contributed by atoms with Crippen LogP contribution >= 0.6 is 0 Å². The molecule has 2 heterocycles. The molecule has 102 valence electrons. The van der Waals surface area contributed by atoms with Crippen LogP contribution in [0.15, 0.2) is 6.20 Å². The van der Waals surface area contributed by atoms with E-state index in [9.17, 15) is 0 Å². The number of nitrogens with one attached hydrogen (secondary N) is 1. The van der Waals surface area contributed by atoms with E-state index in [1.807, 2.05) is 25.2 Å². The van der Waals surface area contributed by atoms with Gasteiger partial charge in [0.1, 0.15) is 0 Å². The van der Waals surface area contributed by atoms with Crippen LogP contribution in [0.3, 0.4) is 0 Å². The number of hydrogen-bond acceptors (Lipinski definition) is 4. The molecule has 2 atom stereocenters. The van der Waals surface area contributed by atoms with Gasteiger partial charge < -0.3 is 19.5 Å². The molecule has 1 aliphatic rings. The molecule has 18 heavy (non-hydrogen) atoms. The summed E-state index contributed by atoms with van der Waals surface area (Å²) in [5.74, 6) is 0.979. The summed E-state index contributed by atoms with van der Waals surface area (Å²) in [6.07, 6.45) is 3.26. The third kappa shape index (κ3) is 2.37. The lowest BCUT2D eigenvalue weighted by Crippen LogP contribution is -2.47. The summed E-state index contributed by atoms with van der Waals surface area (Å²) in [5, 5.41) is 3.61. The van der Waals surface area contributed by atoms with E-state index in [2.05, 4.69) is 35.8 Å². The number of imidazole rings is 1. The quantitative estimate of drug-likeness (QED) is 0.872. The van der Waals surface area contributed by atoms with Crippen LogP contribution in [-0.2, 0) is 18.3 Å². The van der Waals surface area contributed by atoms with Crippen molar-refractivity contribution >= 4 is 5.95 Å². The zero-order valence-corrected chi connectivity index (χ0v) is 12.0. The van der Waals surface area contributed by atoms with Crippen LogP contribution in [0.4, 0.5) is 5.95 Å². The maximum absolute atomic E-state index is 5.64. The maximum atomic E-state index is 5.64. The lowest BCUT2D eigenvalue weighted by Gasteiger charge is -2.29.